The highest BCUT2D eigenvalue weighted by atomic mass is 16.5. The number of carbonyl (C=O) groups is 1. The first-order valence-corrected chi connectivity index (χ1v) is 6.32. The quantitative estimate of drug-likeness (QED) is 0.876. The third-order valence-corrected chi connectivity index (χ3v) is 3.31. The van der Waals surface area contributed by atoms with Crippen molar-refractivity contribution in [3.05, 3.63) is 29.8 Å². The van der Waals surface area contributed by atoms with Gasteiger partial charge in [0.1, 0.15) is 5.75 Å². The molecule has 0 aliphatic carbocycles. The van der Waals surface area contributed by atoms with E-state index >= 15 is 0 Å². The van der Waals surface area contributed by atoms with Gasteiger partial charge in [0.15, 0.2) is 0 Å². The number of nitrogens with one attached hydrogen (secondary N) is 1. The predicted octanol–water partition coefficient (Wildman–Crippen LogP) is 1.41. The fourth-order valence-corrected chi connectivity index (χ4v) is 2.24. The van der Waals surface area contributed by atoms with E-state index in [0.717, 1.165) is 30.7 Å². The molecular weight excluding hydrogens is 228 g/mol. The third-order valence-electron chi connectivity index (χ3n) is 3.31. The molecule has 18 heavy (non-hydrogen) atoms. The van der Waals surface area contributed by atoms with Gasteiger partial charge in [0.05, 0.1) is 13.2 Å². The molecule has 0 bridgehead atoms. The predicted molar refractivity (Wildman–Crippen MR) is 70.5 cm³/mol. The van der Waals surface area contributed by atoms with Gasteiger partial charge >= 0.3 is 0 Å². The minimum absolute atomic E-state index is 0.00764. The smallest absolute Gasteiger partial charge is 0.239 e. The lowest BCUT2D eigenvalue weighted by atomic mass is 10.1. The lowest BCUT2D eigenvalue weighted by Crippen LogP contribution is -2.41. The van der Waals surface area contributed by atoms with Crippen molar-refractivity contribution in [3.63, 3.8) is 0 Å². The van der Waals surface area contributed by atoms with Gasteiger partial charge in [-0.15, -0.1) is 0 Å². The molecule has 1 aliphatic heterocycles. The van der Waals surface area contributed by atoms with Crippen molar-refractivity contribution in [2.24, 2.45) is 0 Å². The fourth-order valence-electron chi connectivity index (χ4n) is 2.24. The summed E-state index contributed by atoms with van der Waals surface area (Å²) in [5, 5.41) is 3.23. The van der Waals surface area contributed by atoms with Crippen molar-refractivity contribution in [1.29, 1.82) is 0 Å². The van der Waals surface area contributed by atoms with E-state index < -0.39 is 0 Å². The first-order valence-electron chi connectivity index (χ1n) is 6.32. The number of hydrogen-bond acceptors (Lipinski definition) is 3. The number of methoxy groups -OCH3 is 1. The van der Waals surface area contributed by atoms with Crippen LogP contribution in [-0.2, 0) is 11.3 Å². The molecule has 4 nitrogen and oxygen atoms in total. The Morgan fingerprint density at radius 2 is 2.17 bits per heavy atom. The summed E-state index contributed by atoms with van der Waals surface area (Å²) in [6.07, 6.45) is 2.04. The van der Waals surface area contributed by atoms with Crippen LogP contribution in [0.5, 0.6) is 5.75 Å². The van der Waals surface area contributed by atoms with Gasteiger partial charge in [-0.25, -0.2) is 0 Å². The average Bonchev–Trinajstić information content (AvgIpc) is 2.92. The molecule has 0 aromatic heterocycles. The maximum atomic E-state index is 12.1. The molecular formula is C14H20N2O2. The number of rotatable bonds is 4. The van der Waals surface area contributed by atoms with Crippen LogP contribution in [0.15, 0.2) is 24.3 Å². The Labute approximate surface area is 108 Å². The van der Waals surface area contributed by atoms with Gasteiger partial charge in [-0.3, -0.25) is 4.79 Å². The highest BCUT2D eigenvalue weighted by Gasteiger charge is 2.24. The number of nitrogens with zero attached hydrogens (tertiary/aromatic N) is 1. The van der Waals surface area contributed by atoms with Gasteiger partial charge < -0.3 is 15.0 Å². The highest BCUT2D eigenvalue weighted by molar-refractivity contribution is 5.81. The van der Waals surface area contributed by atoms with Crippen LogP contribution in [0.25, 0.3) is 0 Å². The van der Waals surface area contributed by atoms with E-state index in [0.29, 0.717) is 6.54 Å². The second-order valence-electron chi connectivity index (χ2n) is 4.69. The molecule has 1 aromatic rings. The number of likely N-dealkylation sites (N-methyl/N-ethyl adjacent to an activating group) is 1. The summed E-state index contributed by atoms with van der Waals surface area (Å²) < 4.78 is 5.11. The Kier molecular flexibility index (Phi) is 4.20. The van der Waals surface area contributed by atoms with Crippen molar-refractivity contribution in [2.75, 3.05) is 20.7 Å². The summed E-state index contributed by atoms with van der Waals surface area (Å²) in [5.41, 5.74) is 1.12. The summed E-state index contributed by atoms with van der Waals surface area (Å²) in [5.74, 6) is 1.02. The molecule has 1 heterocycles. The van der Waals surface area contributed by atoms with Crippen LogP contribution in [0.1, 0.15) is 18.4 Å². The minimum Gasteiger partial charge on any atom is -0.497 e. The minimum atomic E-state index is 0.00764. The van der Waals surface area contributed by atoms with Crippen molar-refractivity contribution >= 4 is 5.91 Å². The van der Waals surface area contributed by atoms with Crippen molar-refractivity contribution in [2.45, 2.75) is 25.4 Å². The standard InChI is InChI=1S/C14H20N2O2/c1-16(14(17)13-4-3-9-15-13)10-11-5-7-12(18-2)8-6-11/h5-8,13,15H,3-4,9-10H2,1-2H3. The van der Waals surface area contributed by atoms with E-state index in [2.05, 4.69) is 5.32 Å². The monoisotopic (exact) mass is 248 g/mol. The van der Waals surface area contributed by atoms with E-state index in [9.17, 15) is 4.79 Å². The molecule has 1 atom stereocenters. The van der Waals surface area contributed by atoms with Crippen LogP contribution in [-0.4, -0.2) is 37.6 Å². The second kappa shape index (κ2) is 5.87. The van der Waals surface area contributed by atoms with Crippen LogP contribution in [0.2, 0.25) is 0 Å². The Morgan fingerprint density at radius 1 is 1.44 bits per heavy atom. The molecule has 0 radical (unpaired) electrons. The summed E-state index contributed by atoms with van der Waals surface area (Å²) in [7, 11) is 3.50. The molecule has 0 saturated carbocycles. The van der Waals surface area contributed by atoms with E-state index in [-0.39, 0.29) is 11.9 Å². The number of carbonyl (C=O) groups excluding carboxylic acids is 1. The van der Waals surface area contributed by atoms with Gasteiger partial charge in [0, 0.05) is 13.6 Å². The van der Waals surface area contributed by atoms with Crippen LogP contribution in [0.3, 0.4) is 0 Å². The molecule has 1 amide bonds. The SMILES string of the molecule is COc1ccc(CN(C)C(=O)C2CCCN2)cc1. The van der Waals surface area contributed by atoms with Crippen molar-refractivity contribution < 1.29 is 9.53 Å². The number of ether oxygens (including phenoxy) is 1. The fraction of sp³-hybridized carbons (Fsp3) is 0.500. The van der Waals surface area contributed by atoms with E-state index in [1.807, 2.05) is 31.3 Å². The van der Waals surface area contributed by atoms with E-state index in [1.54, 1.807) is 12.0 Å². The van der Waals surface area contributed by atoms with E-state index in [1.165, 1.54) is 0 Å². The molecule has 1 saturated heterocycles. The third kappa shape index (κ3) is 3.01. The highest BCUT2D eigenvalue weighted by Crippen LogP contribution is 2.14. The van der Waals surface area contributed by atoms with Crippen molar-refractivity contribution in [1.82, 2.24) is 10.2 Å². The Hall–Kier alpha value is -1.55. The first kappa shape index (κ1) is 12.9. The number of amides is 1. The molecule has 0 spiro atoms. The van der Waals surface area contributed by atoms with E-state index in [4.69, 9.17) is 4.74 Å². The van der Waals surface area contributed by atoms with Gasteiger partial charge in [-0.2, -0.15) is 0 Å². The normalized spacial score (nSPS) is 18.7. The van der Waals surface area contributed by atoms with Gasteiger partial charge in [0.2, 0.25) is 5.91 Å². The molecule has 1 N–H and O–H groups in total. The van der Waals surface area contributed by atoms with Crippen molar-refractivity contribution in [3.8, 4) is 5.75 Å². The second-order valence-corrected chi connectivity index (χ2v) is 4.69. The lowest BCUT2D eigenvalue weighted by molar-refractivity contribution is -0.132. The molecule has 98 valence electrons. The average molecular weight is 248 g/mol. The van der Waals surface area contributed by atoms with Crippen LogP contribution < -0.4 is 10.1 Å². The summed E-state index contributed by atoms with van der Waals surface area (Å²) >= 11 is 0. The van der Waals surface area contributed by atoms with Crippen LogP contribution in [0.4, 0.5) is 0 Å². The molecule has 1 fully saturated rings. The molecule has 1 aromatic carbocycles. The Bertz CT molecular complexity index is 397. The summed E-state index contributed by atoms with van der Waals surface area (Å²) in [6.45, 7) is 1.59. The van der Waals surface area contributed by atoms with Gasteiger partial charge in [0.25, 0.3) is 0 Å². The topological polar surface area (TPSA) is 41.6 Å². The van der Waals surface area contributed by atoms with Gasteiger partial charge in [-0.05, 0) is 37.1 Å². The zero-order valence-corrected chi connectivity index (χ0v) is 11.0. The first-order chi connectivity index (χ1) is 8.70. The van der Waals surface area contributed by atoms with Gasteiger partial charge in [-0.1, -0.05) is 12.1 Å². The summed E-state index contributed by atoms with van der Waals surface area (Å²) in [4.78, 5) is 13.9. The maximum absolute atomic E-state index is 12.1. The lowest BCUT2D eigenvalue weighted by Gasteiger charge is -2.21. The number of benzene rings is 1. The molecule has 1 aliphatic rings. The largest absolute Gasteiger partial charge is 0.497 e. The van der Waals surface area contributed by atoms with Crippen LogP contribution in [0, 0.1) is 0 Å². The van der Waals surface area contributed by atoms with Crippen LogP contribution >= 0.6 is 0 Å². The molecule has 4 heteroatoms. The maximum Gasteiger partial charge on any atom is 0.239 e. The number of hydrogen-bond donors (Lipinski definition) is 1. The Balaban J connectivity index is 1.92. The molecule has 2 rings (SSSR count). The zero-order chi connectivity index (χ0) is 13.0. The Morgan fingerprint density at radius 3 is 2.72 bits per heavy atom. The molecule has 1 unspecified atom stereocenters. The zero-order valence-electron chi connectivity index (χ0n) is 11.0. The summed E-state index contributed by atoms with van der Waals surface area (Å²) in [6, 6.07) is 7.83.